The van der Waals surface area contributed by atoms with Gasteiger partial charge in [0.2, 0.25) is 5.91 Å². The maximum Gasteiger partial charge on any atom is 0.253 e. The molecule has 0 aromatic heterocycles. The van der Waals surface area contributed by atoms with Gasteiger partial charge in [0.1, 0.15) is 11.4 Å². The molecule has 2 fully saturated rings. The third-order valence-electron chi connectivity index (χ3n) is 6.18. The second kappa shape index (κ2) is 8.57. The first-order valence-electron chi connectivity index (χ1n) is 10.4. The molecule has 4 rings (SSSR count). The van der Waals surface area contributed by atoms with Crippen LogP contribution >= 0.6 is 11.6 Å². The Kier molecular flexibility index (Phi) is 5.90. The van der Waals surface area contributed by atoms with Gasteiger partial charge in [0.25, 0.3) is 10.9 Å². The lowest BCUT2D eigenvalue weighted by molar-refractivity contribution is -0.121. The predicted octanol–water partition coefficient (Wildman–Crippen LogP) is 3.39. The van der Waals surface area contributed by atoms with E-state index in [-0.39, 0.29) is 22.7 Å². The molecule has 2 N–H and O–H groups in total. The molecule has 0 spiro atoms. The van der Waals surface area contributed by atoms with Gasteiger partial charge in [0, 0.05) is 36.3 Å². The minimum absolute atomic E-state index is 0.00322. The van der Waals surface area contributed by atoms with E-state index in [0.29, 0.717) is 28.9 Å². The van der Waals surface area contributed by atoms with E-state index in [9.17, 15) is 14.4 Å². The van der Waals surface area contributed by atoms with Crippen LogP contribution in [0.4, 0.5) is 17.1 Å². The van der Waals surface area contributed by atoms with Gasteiger partial charge in [-0.25, -0.2) is 0 Å². The largest absolute Gasteiger partial charge is 0.380 e. The van der Waals surface area contributed by atoms with Crippen LogP contribution in [0.25, 0.3) is 0 Å². The molecule has 7 heteroatoms. The smallest absolute Gasteiger partial charge is 0.253 e. The Labute approximate surface area is 174 Å². The number of rotatable bonds is 6. The van der Waals surface area contributed by atoms with E-state index in [4.69, 9.17) is 11.6 Å². The fourth-order valence-electron chi connectivity index (χ4n) is 4.47. The Morgan fingerprint density at radius 1 is 1.07 bits per heavy atom. The summed E-state index contributed by atoms with van der Waals surface area (Å²) in [4.78, 5) is 38.5. The molecule has 1 amide bonds. The first-order chi connectivity index (χ1) is 14.0. The summed E-state index contributed by atoms with van der Waals surface area (Å²) in [6.07, 6.45) is 5.64. The SMILES string of the molecule is O=C(Nc1cccc(Cl)c1)C1CCC(CNc2c(N3CCCC3)c(=O)c2=O)CC1. The molecule has 6 nitrogen and oxygen atoms in total. The zero-order chi connectivity index (χ0) is 20.4. The fourth-order valence-corrected chi connectivity index (χ4v) is 4.66. The highest BCUT2D eigenvalue weighted by molar-refractivity contribution is 6.30. The van der Waals surface area contributed by atoms with Crippen molar-refractivity contribution >= 4 is 34.6 Å². The van der Waals surface area contributed by atoms with E-state index < -0.39 is 0 Å². The van der Waals surface area contributed by atoms with Crippen molar-refractivity contribution in [3.8, 4) is 0 Å². The van der Waals surface area contributed by atoms with Crippen molar-refractivity contribution in [1.29, 1.82) is 0 Å². The van der Waals surface area contributed by atoms with Gasteiger partial charge in [-0.15, -0.1) is 0 Å². The van der Waals surface area contributed by atoms with Gasteiger partial charge in [0.15, 0.2) is 0 Å². The van der Waals surface area contributed by atoms with Crippen LogP contribution in [0.3, 0.4) is 0 Å². The average molecular weight is 416 g/mol. The van der Waals surface area contributed by atoms with Gasteiger partial charge in [-0.3, -0.25) is 14.4 Å². The summed E-state index contributed by atoms with van der Waals surface area (Å²) >= 11 is 5.97. The van der Waals surface area contributed by atoms with Crippen LogP contribution < -0.4 is 26.4 Å². The minimum atomic E-state index is -0.388. The summed E-state index contributed by atoms with van der Waals surface area (Å²) < 4.78 is 0. The van der Waals surface area contributed by atoms with Crippen LogP contribution in [0.5, 0.6) is 0 Å². The lowest BCUT2D eigenvalue weighted by Gasteiger charge is -2.29. The number of carbonyl (C=O) groups is 1. The van der Waals surface area contributed by atoms with Gasteiger partial charge in [0.05, 0.1) is 0 Å². The van der Waals surface area contributed by atoms with Gasteiger partial charge in [-0.05, 0) is 62.6 Å². The maximum atomic E-state index is 12.5. The third-order valence-corrected chi connectivity index (χ3v) is 6.42. The van der Waals surface area contributed by atoms with Crippen molar-refractivity contribution in [2.75, 3.05) is 35.2 Å². The molecule has 154 valence electrons. The monoisotopic (exact) mass is 415 g/mol. The minimum Gasteiger partial charge on any atom is -0.380 e. The molecule has 2 aromatic carbocycles. The molecule has 0 atom stereocenters. The summed E-state index contributed by atoms with van der Waals surface area (Å²) in [6.45, 7) is 2.38. The van der Waals surface area contributed by atoms with E-state index in [1.807, 2.05) is 17.0 Å². The molecule has 2 aromatic rings. The van der Waals surface area contributed by atoms with Gasteiger partial charge in [-0.1, -0.05) is 17.7 Å². The predicted molar refractivity (Wildman–Crippen MR) is 117 cm³/mol. The number of nitrogens with zero attached hydrogens (tertiary/aromatic N) is 1. The lowest BCUT2D eigenvalue weighted by atomic mass is 9.81. The fraction of sp³-hybridized carbons (Fsp3) is 0.500. The molecule has 1 heterocycles. The molecule has 1 saturated heterocycles. The molecule has 0 unspecified atom stereocenters. The van der Waals surface area contributed by atoms with Crippen molar-refractivity contribution in [3.63, 3.8) is 0 Å². The first-order valence-corrected chi connectivity index (χ1v) is 10.8. The number of carbonyl (C=O) groups excluding carboxylic acids is 1. The van der Waals surface area contributed by atoms with Crippen LogP contribution in [0.2, 0.25) is 5.02 Å². The first kappa shape index (κ1) is 20.0. The zero-order valence-electron chi connectivity index (χ0n) is 16.4. The summed E-state index contributed by atoms with van der Waals surface area (Å²) in [5, 5.41) is 6.79. The van der Waals surface area contributed by atoms with E-state index in [0.717, 1.165) is 57.3 Å². The number of nitrogens with one attached hydrogen (secondary N) is 2. The van der Waals surface area contributed by atoms with Crippen molar-refractivity contribution < 1.29 is 4.79 Å². The number of halogens is 1. The van der Waals surface area contributed by atoms with Crippen molar-refractivity contribution in [2.24, 2.45) is 11.8 Å². The second-order valence-electron chi connectivity index (χ2n) is 8.17. The zero-order valence-corrected chi connectivity index (χ0v) is 17.1. The van der Waals surface area contributed by atoms with Gasteiger partial charge < -0.3 is 15.5 Å². The van der Waals surface area contributed by atoms with Gasteiger partial charge in [-0.2, -0.15) is 0 Å². The molecular weight excluding hydrogens is 390 g/mol. The Morgan fingerprint density at radius 2 is 1.79 bits per heavy atom. The number of benzene rings is 1. The molecule has 0 bridgehead atoms. The molecule has 0 radical (unpaired) electrons. The van der Waals surface area contributed by atoms with Crippen molar-refractivity contribution in [1.82, 2.24) is 0 Å². The summed E-state index contributed by atoms with van der Waals surface area (Å²) in [7, 11) is 0. The highest BCUT2D eigenvalue weighted by Gasteiger charge is 2.30. The van der Waals surface area contributed by atoms with Crippen LogP contribution in [0, 0.1) is 11.8 Å². The van der Waals surface area contributed by atoms with E-state index in [1.54, 1.807) is 12.1 Å². The number of hydrogen-bond donors (Lipinski definition) is 2. The summed E-state index contributed by atoms with van der Waals surface area (Å²) in [5.74, 6) is 0.440. The number of anilines is 3. The standard InChI is InChI=1S/C22H26ClN3O3/c23-16-4-3-5-17(12-16)25-22(29)15-8-6-14(7-9-15)13-24-18-19(21(28)20(18)27)26-10-1-2-11-26/h3-5,12,14-15,24H,1-2,6-11,13H2,(H,25,29). The Bertz CT molecular complexity index is 953. The third kappa shape index (κ3) is 4.32. The van der Waals surface area contributed by atoms with Crippen LogP contribution in [-0.2, 0) is 4.79 Å². The summed E-state index contributed by atoms with van der Waals surface area (Å²) in [5.41, 5.74) is 1.07. The number of amides is 1. The van der Waals surface area contributed by atoms with Crippen molar-refractivity contribution in [2.45, 2.75) is 38.5 Å². The van der Waals surface area contributed by atoms with Crippen molar-refractivity contribution in [3.05, 3.63) is 49.7 Å². The Morgan fingerprint density at radius 3 is 2.48 bits per heavy atom. The number of hydrogen-bond acceptors (Lipinski definition) is 5. The highest BCUT2D eigenvalue weighted by Crippen LogP contribution is 2.31. The molecule has 29 heavy (non-hydrogen) atoms. The molecule has 1 aliphatic carbocycles. The van der Waals surface area contributed by atoms with E-state index in [2.05, 4.69) is 10.6 Å². The normalized spacial score (nSPS) is 22.0. The average Bonchev–Trinajstić information content (AvgIpc) is 3.24. The summed E-state index contributed by atoms with van der Waals surface area (Å²) in [6, 6.07) is 7.18. The molecule has 1 aliphatic heterocycles. The van der Waals surface area contributed by atoms with Crippen LogP contribution in [0.1, 0.15) is 38.5 Å². The Balaban J connectivity index is 1.26. The maximum absolute atomic E-state index is 12.5. The lowest BCUT2D eigenvalue weighted by Crippen LogP contribution is -2.42. The topological polar surface area (TPSA) is 78.5 Å². The van der Waals surface area contributed by atoms with Crippen LogP contribution in [-0.4, -0.2) is 25.5 Å². The van der Waals surface area contributed by atoms with E-state index >= 15 is 0 Å². The molecular formula is C22H26ClN3O3. The Hall–Kier alpha value is -2.34. The van der Waals surface area contributed by atoms with E-state index in [1.165, 1.54) is 0 Å². The van der Waals surface area contributed by atoms with Gasteiger partial charge >= 0.3 is 0 Å². The molecule has 2 aliphatic rings. The molecule has 1 saturated carbocycles. The van der Waals surface area contributed by atoms with Crippen LogP contribution in [0.15, 0.2) is 33.9 Å². The highest BCUT2D eigenvalue weighted by atomic mass is 35.5. The second-order valence-corrected chi connectivity index (χ2v) is 8.61. The quantitative estimate of drug-likeness (QED) is 0.707.